The normalized spacial score (nSPS) is 11.4. The maximum absolute atomic E-state index is 11.2. The summed E-state index contributed by atoms with van der Waals surface area (Å²) in [7, 11) is 0. The van der Waals surface area contributed by atoms with E-state index in [1.54, 1.807) is 0 Å². The fraction of sp³-hybridized carbons (Fsp3) is 0.800. The Balaban J connectivity index is 0. The molecule has 0 bridgehead atoms. The minimum atomic E-state index is -0.514. The van der Waals surface area contributed by atoms with E-state index in [1.165, 1.54) is 6.92 Å². The number of esters is 2. The summed E-state index contributed by atoms with van der Waals surface area (Å²) >= 11 is 0. The van der Waals surface area contributed by atoms with Gasteiger partial charge < -0.3 is 4.74 Å². The second-order valence-corrected chi connectivity index (χ2v) is 3.16. The van der Waals surface area contributed by atoms with Crippen LogP contribution < -0.4 is 0 Å². The van der Waals surface area contributed by atoms with Crippen molar-refractivity contribution in [3.8, 4) is 0 Å². The van der Waals surface area contributed by atoms with Gasteiger partial charge >= 0.3 is 63.3 Å². The number of unbranched alkanes of at least 4 members (excludes halogenated alkanes) is 1. The van der Waals surface area contributed by atoms with Crippen LogP contribution in [0.3, 0.4) is 0 Å². The van der Waals surface area contributed by atoms with Gasteiger partial charge in [0.1, 0.15) is 0 Å². The monoisotopic (exact) mass is 226 g/mol. The maximum atomic E-state index is 11.2. The van der Waals surface area contributed by atoms with Gasteiger partial charge in [-0.2, -0.15) is 0 Å². The van der Waals surface area contributed by atoms with E-state index in [9.17, 15) is 9.59 Å². The molecular weight excluding hydrogens is 207 g/mol. The van der Waals surface area contributed by atoms with Gasteiger partial charge in [0.2, 0.25) is 0 Å². The van der Waals surface area contributed by atoms with Crippen LogP contribution in [-0.2, 0) is 14.3 Å². The summed E-state index contributed by atoms with van der Waals surface area (Å²) in [4.78, 5) is 21.8. The van der Waals surface area contributed by atoms with Crippen LogP contribution in [0.15, 0.2) is 0 Å². The van der Waals surface area contributed by atoms with Crippen LogP contribution in [0.5, 0.6) is 0 Å². The van der Waals surface area contributed by atoms with Crippen molar-refractivity contribution in [3.05, 3.63) is 0 Å². The first kappa shape index (κ1) is 17.2. The molecule has 78 valence electrons. The van der Waals surface area contributed by atoms with Gasteiger partial charge in [0.25, 0.3) is 0 Å². The first-order valence-corrected chi connectivity index (χ1v) is 4.84. The number of carbonyl (C=O) groups is 2. The first-order chi connectivity index (χ1) is 6.11. The molecule has 0 aliphatic rings. The quantitative estimate of drug-likeness (QED) is 0.407. The number of carbonyl (C=O) groups excluding carboxylic acids is 2. The van der Waals surface area contributed by atoms with Crippen LogP contribution in [0, 0.1) is 5.92 Å². The van der Waals surface area contributed by atoms with Crippen molar-refractivity contribution in [3.63, 3.8) is 0 Å². The number of hydrogen-bond donors (Lipinski definition) is 0. The molecule has 0 aliphatic carbocycles. The Morgan fingerprint density at radius 1 is 1.29 bits per heavy atom. The summed E-state index contributed by atoms with van der Waals surface area (Å²) < 4.78 is 4.52. The Labute approximate surface area is 128 Å². The van der Waals surface area contributed by atoms with E-state index in [2.05, 4.69) is 11.7 Å². The van der Waals surface area contributed by atoms with Crippen LogP contribution in [0.25, 0.3) is 0 Å². The molecule has 0 N–H and O–H groups in total. The summed E-state index contributed by atoms with van der Waals surface area (Å²) in [5.74, 6) is -0.993. The minimum absolute atomic E-state index is 0. The van der Waals surface area contributed by atoms with Crippen LogP contribution >= 0.6 is 0 Å². The molecule has 14 heavy (non-hydrogen) atoms. The Kier molecular flexibility index (Phi) is 12.6. The van der Waals surface area contributed by atoms with Gasteiger partial charge in [-0.1, -0.05) is 26.7 Å². The number of ether oxygens (including phenoxy) is 1. The zero-order valence-corrected chi connectivity index (χ0v) is 8.63. The molecule has 0 aromatic rings. The number of hydrogen-bond acceptors (Lipinski definition) is 3. The molecule has 0 saturated heterocycles. The van der Waals surface area contributed by atoms with Crippen LogP contribution in [0.2, 0.25) is 0 Å². The summed E-state index contributed by atoms with van der Waals surface area (Å²) in [6.45, 7) is 5.26. The molecule has 0 fully saturated rings. The second kappa shape index (κ2) is 10.3. The van der Waals surface area contributed by atoms with E-state index in [0.717, 1.165) is 25.7 Å². The summed E-state index contributed by atoms with van der Waals surface area (Å²) in [6, 6.07) is 0. The third-order valence-electron chi connectivity index (χ3n) is 1.98. The van der Waals surface area contributed by atoms with Gasteiger partial charge in [0.15, 0.2) is 0 Å². The molecule has 4 heteroatoms. The van der Waals surface area contributed by atoms with Gasteiger partial charge in [0.05, 0.1) is 5.92 Å². The van der Waals surface area contributed by atoms with E-state index in [0.29, 0.717) is 0 Å². The average Bonchev–Trinajstić information content (AvgIpc) is 2.04. The third kappa shape index (κ3) is 8.12. The van der Waals surface area contributed by atoms with Crippen molar-refractivity contribution in [2.24, 2.45) is 5.92 Å². The molecule has 3 nitrogen and oxygen atoms in total. The van der Waals surface area contributed by atoms with E-state index in [4.69, 9.17) is 0 Å². The second-order valence-electron chi connectivity index (χ2n) is 3.16. The van der Waals surface area contributed by atoms with E-state index < -0.39 is 5.97 Å². The summed E-state index contributed by atoms with van der Waals surface area (Å²) in [6.07, 6.45) is 3.63. The fourth-order valence-electron chi connectivity index (χ4n) is 1.16. The van der Waals surface area contributed by atoms with Crippen LogP contribution in [-0.4, -0.2) is 63.3 Å². The topological polar surface area (TPSA) is 43.4 Å². The molecular formula is C10H19KO3. The van der Waals surface area contributed by atoms with Crippen molar-refractivity contribution < 1.29 is 14.3 Å². The predicted octanol–water partition coefficient (Wildman–Crippen LogP) is 1.64. The molecule has 1 atom stereocenters. The average molecular weight is 226 g/mol. The standard InChI is InChI=1S/C10H18O3.K.H/c1-4-6-7-9(5-2)10(12)13-8(3)11;;/h9H,4-7H2,1-3H3;;. The molecule has 0 saturated carbocycles. The van der Waals surface area contributed by atoms with Gasteiger partial charge in [-0.3, -0.25) is 9.59 Å². The van der Waals surface area contributed by atoms with E-state index in [1.807, 2.05) is 6.92 Å². The van der Waals surface area contributed by atoms with Gasteiger partial charge in [-0.25, -0.2) is 0 Å². The fourth-order valence-corrected chi connectivity index (χ4v) is 1.16. The molecule has 0 amide bonds. The van der Waals surface area contributed by atoms with Crippen molar-refractivity contribution in [2.75, 3.05) is 0 Å². The van der Waals surface area contributed by atoms with Crippen molar-refractivity contribution in [2.45, 2.75) is 46.5 Å². The van der Waals surface area contributed by atoms with Gasteiger partial charge in [-0.15, -0.1) is 0 Å². The third-order valence-corrected chi connectivity index (χ3v) is 1.98. The summed E-state index contributed by atoms with van der Waals surface area (Å²) in [5.41, 5.74) is 0. The molecule has 0 radical (unpaired) electrons. The zero-order chi connectivity index (χ0) is 10.3. The SMILES string of the molecule is CCCCC(CC)C(=O)OC(C)=O.[KH]. The van der Waals surface area contributed by atoms with Crippen molar-refractivity contribution >= 4 is 63.3 Å². The Hall–Kier alpha value is 0.776. The Bertz CT molecular complexity index is 180. The van der Waals surface area contributed by atoms with E-state index in [-0.39, 0.29) is 63.3 Å². The molecule has 0 aromatic heterocycles. The van der Waals surface area contributed by atoms with Crippen molar-refractivity contribution in [1.29, 1.82) is 0 Å². The molecule has 0 rings (SSSR count). The van der Waals surface area contributed by atoms with Crippen LogP contribution in [0.1, 0.15) is 46.5 Å². The molecule has 0 spiro atoms. The predicted molar refractivity (Wildman–Crippen MR) is 57.2 cm³/mol. The molecule has 0 aliphatic heterocycles. The molecule has 0 heterocycles. The van der Waals surface area contributed by atoms with Gasteiger partial charge in [-0.05, 0) is 12.8 Å². The van der Waals surface area contributed by atoms with E-state index >= 15 is 0 Å². The van der Waals surface area contributed by atoms with Crippen LogP contribution in [0.4, 0.5) is 0 Å². The Morgan fingerprint density at radius 3 is 2.21 bits per heavy atom. The summed E-state index contributed by atoms with van der Waals surface area (Å²) in [5, 5.41) is 0. The van der Waals surface area contributed by atoms with Crippen molar-refractivity contribution in [1.82, 2.24) is 0 Å². The van der Waals surface area contributed by atoms with Gasteiger partial charge in [0, 0.05) is 6.92 Å². The molecule has 0 aromatic carbocycles. The molecule has 1 unspecified atom stereocenters. The zero-order valence-electron chi connectivity index (χ0n) is 8.63. The number of rotatable bonds is 5. The first-order valence-electron chi connectivity index (χ1n) is 4.84. The Morgan fingerprint density at radius 2 is 1.86 bits per heavy atom.